The molecule has 0 spiro atoms. The average Bonchev–Trinajstić information content (AvgIpc) is 2.29. The number of benzene rings is 1. The van der Waals surface area contributed by atoms with Crippen molar-refractivity contribution < 1.29 is 4.79 Å². The van der Waals surface area contributed by atoms with E-state index in [2.05, 4.69) is 12.2 Å². The average molecular weight is 205 g/mol. The molecule has 0 saturated heterocycles. The minimum atomic E-state index is -0.00208. The molecule has 0 aliphatic heterocycles. The van der Waals surface area contributed by atoms with E-state index >= 15 is 0 Å². The molecule has 0 aliphatic rings. The Morgan fingerprint density at radius 3 is 2.47 bits per heavy atom. The van der Waals surface area contributed by atoms with Crippen LogP contribution in [0.3, 0.4) is 0 Å². The van der Waals surface area contributed by atoms with Gasteiger partial charge < -0.3 is 5.32 Å². The van der Waals surface area contributed by atoms with E-state index < -0.39 is 0 Å². The Morgan fingerprint density at radius 2 is 1.93 bits per heavy atom. The first kappa shape index (κ1) is 11.8. The summed E-state index contributed by atoms with van der Waals surface area (Å²) in [6.45, 7) is 4.87. The Morgan fingerprint density at radius 1 is 1.27 bits per heavy atom. The molecule has 0 aromatic heterocycles. The Hall–Kier alpha value is -1.31. The standard InChI is InChI=1S/C13H19NO/c1-3-10-14-13(15)12(4-2)11-8-6-5-7-9-11/h5-9,12H,3-4,10H2,1-2H3,(H,14,15). The third-order valence-corrected chi connectivity index (χ3v) is 2.48. The summed E-state index contributed by atoms with van der Waals surface area (Å²) in [5.74, 6) is 0.142. The summed E-state index contributed by atoms with van der Waals surface area (Å²) < 4.78 is 0. The second-order valence-corrected chi connectivity index (χ2v) is 3.66. The van der Waals surface area contributed by atoms with E-state index in [-0.39, 0.29) is 11.8 Å². The molecular weight excluding hydrogens is 186 g/mol. The Bertz CT molecular complexity index is 295. The van der Waals surface area contributed by atoms with Crippen molar-refractivity contribution in [1.29, 1.82) is 0 Å². The van der Waals surface area contributed by atoms with Crippen molar-refractivity contribution in [3.63, 3.8) is 0 Å². The molecule has 15 heavy (non-hydrogen) atoms. The molecule has 1 atom stereocenters. The van der Waals surface area contributed by atoms with Gasteiger partial charge >= 0.3 is 0 Å². The van der Waals surface area contributed by atoms with Crippen molar-refractivity contribution in [2.45, 2.75) is 32.6 Å². The van der Waals surface area contributed by atoms with Crippen LogP contribution in [0.15, 0.2) is 30.3 Å². The molecule has 2 heteroatoms. The summed E-state index contributed by atoms with van der Waals surface area (Å²) in [4.78, 5) is 11.8. The molecule has 1 rings (SSSR count). The smallest absolute Gasteiger partial charge is 0.227 e. The lowest BCUT2D eigenvalue weighted by atomic mass is 9.96. The normalized spacial score (nSPS) is 12.1. The Kier molecular flexibility index (Phi) is 4.88. The van der Waals surface area contributed by atoms with Crippen LogP contribution in [0.4, 0.5) is 0 Å². The third-order valence-electron chi connectivity index (χ3n) is 2.48. The van der Waals surface area contributed by atoms with Crippen LogP contribution in [0.1, 0.15) is 38.2 Å². The first-order valence-corrected chi connectivity index (χ1v) is 5.62. The second-order valence-electron chi connectivity index (χ2n) is 3.66. The molecule has 1 unspecified atom stereocenters. The van der Waals surface area contributed by atoms with Crippen LogP contribution in [0.2, 0.25) is 0 Å². The van der Waals surface area contributed by atoms with E-state index in [9.17, 15) is 4.79 Å². The van der Waals surface area contributed by atoms with Crippen LogP contribution in [0, 0.1) is 0 Å². The van der Waals surface area contributed by atoms with Crippen LogP contribution in [-0.2, 0) is 4.79 Å². The zero-order valence-corrected chi connectivity index (χ0v) is 9.49. The number of hydrogen-bond acceptors (Lipinski definition) is 1. The molecule has 1 amide bonds. The molecule has 1 N–H and O–H groups in total. The fourth-order valence-electron chi connectivity index (χ4n) is 1.63. The van der Waals surface area contributed by atoms with Gasteiger partial charge in [0.2, 0.25) is 5.91 Å². The van der Waals surface area contributed by atoms with Crippen LogP contribution in [-0.4, -0.2) is 12.5 Å². The summed E-state index contributed by atoms with van der Waals surface area (Å²) in [5.41, 5.74) is 1.11. The van der Waals surface area contributed by atoms with Gasteiger partial charge in [-0.2, -0.15) is 0 Å². The van der Waals surface area contributed by atoms with Gasteiger partial charge in [-0.25, -0.2) is 0 Å². The summed E-state index contributed by atoms with van der Waals surface area (Å²) in [5, 5.41) is 2.94. The molecule has 2 nitrogen and oxygen atoms in total. The van der Waals surface area contributed by atoms with Gasteiger partial charge in [0, 0.05) is 6.54 Å². The van der Waals surface area contributed by atoms with Gasteiger partial charge in [0.05, 0.1) is 5.92 Å². The van der Waals surface area contributed by atoms with Crippen LogP contribution < -0.4 is 5.32 Å². The minimum Gasteiger partial charge on any atom is -0.356 e. The summed E-state index contributed by atoms with van der Waals surface area (Å²) in [7, 11) is 0. The lowest BCUT2D eigenvalue weighted by Gasteiger charge is -2.14. The molecule has 0 heterocycles. The number of rotatable bonds is 5. The van der Waals surface area contributed by atoms with E-state index in [1.807, 2.05) is 37.3 Å². The van der Waals surface area contributed by atoms with Crippen molar-refractivity contribution in [2.24, 2.45) is 0 Å². The molecule has 82 valence electrons. The van der Waals surface area contributed by atoms with E-state index in [1.165, 1.54) is 0 Å². The molecular formula is C13H19NO. The van der Waals surface area contributed by atoms with Crippen LogP contribution in [0.25, 0.3) is 0 Å². The van der Waals surface area contributed by atoms with Gasteiger partial charge in [-0.3, -0.25) is 4.79 Å². The van der Waals surface area contributed by atoms with Crippen LogP contribution in [0.5, 0.6) is 0 Å². The zero-order chi connectivity index (χ0) is 11.1. The zero-order valence-electron chi connectivity index (χ0n) is 9.49. The summed E-state index contributed by atoms with van der Waals surface area (Å²) in [6, 6.07) is 9.95. The molecule has 0 radical (unpaired) electrons. The van der Waals surface area contributed by atoms with Crippen molar-refractivity contribution >= 4 is 5.91 Å². The largest absolute Gasteiger partial charge is 0.356 e. The van der Waals surface area contributed by atoms with Gasteiger partial charge in [0.25, 0.3) is 0 Å². The lowest BCUT2D eigenvalue weighted by Crippen LogP contribution is -2.29. The predicted molar refractivity (Wildman–Crippen MR) is 62.8 cm³/mol. The Balaban J connectivity index is 2.67. The van der Waals surface area contributed by atoms with Crippen LogP contribution >= 0.6 is 0 Å². The number of hydrogen-bond donors (Lipinski definition) is 1. The number of nitrogens with one attached hydrogen (secondary N) is 1. The Labute approximate surface area is 91.7 Å². The highest BCUT2D eigenvalue weighted by molar-refractivity contribution is 5.83. The van der Waals surface area contributed by atoms with Gasteiger partial charge in [-0.05, 0) is 18.4 Å². The van der Waals surface area contributed by atoms with E-state index in [0.29, 0.717) is 0 Å². The number of carbonyl (C=O) groups excluding carboxylic acids is 1. The molecule has 0 fully saturated rings. The van der Waals surface area contributed by atoms with E-state index in [0.717, 1.165) is 24.9 Å². The SMILES string of the molecule is CCCNC(=O)C(CC)c1ccccc1. The van der Waals surface area contributed by atoms with Gasteiger partial charge in [-0.15, -0.1) is 0 Å². The van der Waals surface area contributed by atoms with E-state index in [4.69, 9.17) is 0 Å². The quantitative estimate of drug-likeness (QED) is 0.786. The first-order chi connectivity index (χ1) is 7.29. The highest BCUT2D eigenvalue weighted by Crippen LogP contribution is 2.18. The van der Waals surface area contributed by atoms with Crippen molar-refractivity contribution in [3.8, 4) is 0 Å². The molecule has 1 aromatic carbocycles. The highest BCUT2D eigenvalue weighted by Gasteiger charge is 2.17. The summed E-state index contributed by atoms with van der Waals surface area (Å²) in [6.07, 6.45) is 1.83. The predicted octanol–water partition coefficient (Wildman–Crippen LogP) is 2.71. The maximum atomic E-state index is 11.8. The van der Waals surface area contributed by atoms with Gasteiger partial charge in [-0.1, -0.05) is 44.2 Å². The van der Waals surface area contributed by atoms with Gasteiger partial charge in [0.15, 0.2) is 0 Å². The van der Waals surface area contributed by atoms with Crippen molar-refractivity contribution in [2.75, 3.05) is 6.54 Å². The molecule has 0 saturated carbocycles. The van der Waals surface area contributed by atoms with Crippen molar-refractivity contribution in [1.82, 2.24) is 5.32 Å². The lowest BCUT2D eigenvalue weighted by molar-refractivity contribution is -0.122. The fraction of sp³-hybridized carbons (Fsp3) is 0.462. The third kappa shape index (κ3) is 3.39. The molecule has 0 bridgehead atoms. The topological polar surface area (TPSA) is 29.1 Å². The van der Waals surface area contributed by atoms with E-state index in [1.54, 1.807) is 0 Å². The number of amides is 1. The molecule has 1 aromatic rings. The maximum Gasteiger partial charge on any atom is 0.227 e. The second kappa shape index (κ2) is 6.23. The first-order valence-electron chi connectivity index (χ1n) is 5.62. The highest BCUT2D eigenvalue weighted by atomic mass is 16.1. The number of carbonyl (C=O) groups is 1. The summed E-state index contributed by atoms with van der Waals surface area (Å²) >= 11 is 0. The fourth-order valence-corrected chi connectivity index (χ4v) is 1.63. The minimum absolute atomic E-state index is 0.00208. The monoisotopic (exact) mass is 205 g/mol. The van der Waals surface area contributed by atoms with Gasteiger partial charge in [0.1, 0.15) is 0 Å². The van der Waals surface area contributed by atoms with Crippen molar-refractivity contribution in [3.05, 3.63) is 35.9 Å². The maximum absolute atomic E-state index is 11.8. The molecule has 0 aliphatic carbocycles.